The maximum Gasteiger partial charge on any atom is 0.343 e. The molecular weight excluding hydrogens is 380 g/mol. The van der Waals surface area contributed by atoms with Crippen LogP contribution in [0.1, 0.15) is 0 Å². The highest BCUT2D eigenvalue weighted by Crippen LogP contribution is 2.38. The van der Waals surface area contributed by atoms with Gasteiger partial charge < -0.3 is 14.4 Å². The van der Waals surface area contributed by atoms with Crippen LogP contribution in [0.25, 0.3) is 0 Å². The normalized spacial score (nSPS) is 10.7. The number of ether oxygens (including phenoxy) is 2. The maximum absolute atomic E-state index is 11.7. The van der Waals surface area contributed by atoms with E-state index in [0.29, 0.717) is 31.3 Å². The Bertz CT molecular complexity index is 725. The van der Waals surface area contributed by atoms with Gasteiger partial charge in [-0.3, -0.25) is 10.1 Å². The summed E-state index contributed by atoms with van der Waals surface area (Å²) in [7, 11) is 3.15. The molecule has 2 rings (SSSR count). The van der Waals surface area contributed by atoms with Crippen molar-refractivity contribution in [2.24, 2.45) is 0 Å². The number of methoxy groups -OCH3 is 2. The van der Waals surface area contributed by atoms with Crippen LogP contribution >= 0.6 is 23.4 Å². The molecule has 0 aliphatic heterocycles. The minimum absolute atomic E-state index is 0.139. The molecule has 0 unspecified atom stereocenters. The summed E-state index contributed by atoms with van der Waals surface area (Å²) in [4.78, 5) is 22.1. The first-order chi connectivity index (χ1) is 12.6. The molecule has 0 saturated carbocycles. The van der Waals surface area contributed by atoms with Crippen molar-refractivity contribution < 1.29 is 14.4 Å². The van der Waals surface area contributed by atoms with Crippen LogP contribution in [0.4, 0.5) is 11.5 Å². The number of halogens is 1. The minimum atomic E-state index is -0.458. The number of aromatic nitrogens is 2. The first-order valence-electron chi connectivity index (χ1n) is 7.72. The smallest absolute Gasteiger partial charge is 0.343 e. The average molecular weight is 399 g/mol. The Kier molecular flexibility index (Phi) is 8.05. The second-order valence-electron chi connectivity index (χ2n) is 5.14. The number of hydrogen-bond acceptors (Lipinski definition) is 8. The van der Waals surface area contributed by atoms with Crippen LogP contribution in [0.2, 0.25) is 5.02 Å². The van der Waals surface area contributed by atoms with Crippen LogP contribution in [-0.2, 0) is 9.47 Å². The number of nitro groups is 1. The predicted octanol–water partition coefficient (Wildman–Crippen LogP) is 3.29. The fourth-order valence-corrected chi connectivity index (χ4v) is 3.14. The minimum Gasteiger partial charge on any atom is -0.383 e. The Morgan fingerprint density at radius 3 is 2.31 bits per heavy atom. The number of nitrogens with zero attached hydrogens (tertiary/aromatic N) is 4. The largest absolute Gasteiger partial charge is 0.383 e. The highest BCUT2D eigenvalue weighted by atomic mass is 35.5. The van der Waals surface area contributed by atoms with E-state index in [-0.39, 0.29) is 16.5 Å². The van der Waals surface area contributed by atoms with Crippen molar-refractivity contribution in [3.8, 4) is 0 Å². The molecule has 0 spiro atoms. The molecule has 0 bridgehead atoms. The summed E-state index contributed by atoms with van der Waals surface area (Å²) in [5.74, 6) is 0.246. The lowest BCUT2D eigenvalue weighted by molar-refractivity contribution is -0.387. The lowest BCUT2D eigenvalue weighted by Gasteiger charge is -2.23. The van der Waals surface area contributed by atoms with Crippen molar-refractivity contribution in [1.29, 1.82) is 0 Å². The van der Waals surface area contributed by atoms with Crippen LogP contribution in [0.15, 0.2) is 40.5 Å². The molecule has 0 N–H and O–H groups in total. The van der Waals surface area contributed by atoms with E-state index in [0.717, 1.165) is 4.90 Å². The molecule has 2 aromatic rings. The molecule has 140 valence electrons. The van der Waals surface area contributed by atoms with Gasteiger partial charge in [-0.15, -0.1) is 0 Å². The van der Waals surface area contributed by atoms with Gasteiger partial charge >= 0.3 is 5.69 Å². The molecule has 0 saturated heterocycles. The molecule has 0 fully saturated rings. The number of anilines is 1. The van der Waals surface area contributed by atoms with Crippen LogP contribution in [0.3, 0.4) is 0 Å². The van der Waals surface area contributed by atoms with E-state index in [1.165, 1.54) is 18.1 Å². The van der Waals surface area contributed by atoms with E-state index in [9.17, 15) is 10.1 Å². The van der Waals surface area contributed by atoms with Crippen LogP contribution in [0.5, 0.6) is 0 Å². The topological polar surface area (TPSA) is 90.6 Å². The van der Waals surface area contributed by atoms with Crippen molar-refractivity contribution in [2.45, 2.75) is 9.92 Å². The molecular formula is C16H19ClN4O4S. The third kappa shape index (κ3) is 5.53. The van der Waals surface area contributed by atoms with E-state index < -0.39 is 4.92 Å². The average Bonchev–Trinajstić information content (AvgIpc) is 2.63. The SMILES string of the molecule is COCCN(CCOC)c1ncnc(Sc2ccc(Cl)cc2)c1[N+](=O)[O-]. The number of benzene rings is 1. The summed E-state index contributed by atoms with van der Waals surface area (Å²) >= 11 is 7.08. The third-order valence-corrected chi connectivity index (χ3v) is 4.66. The first-order valence-corrected chi connectivity index (χ1v) is 8.92. The monoisotopic (exact) mass is 398 g/mol. The maximum atomic E-state index is 11.7. The summed E-state index contributed by atoms with van der Waals surface area (Å²) in [6, 6.07) is 7.01. The number of rotatable bonds is 10. The first kappa shape index (κ1) is 20.4. The van der Waals surface area contributed by atoms with Crippen molar-refractivity contribution in [2.75, 3.05) is 45.4 Å². The molecule has 10 heteroatoms. The molecule has 1 heterocycles. The lowest BCUT2D eigenvalue weighted by atomic mass is 10.4. The van der Waals surface area contributed by atoms with Gasteiger partial charge in [0.1, 0.15) is 6.33 Å². The van der Waals surface area contributed by atoms with Crippen LogP contribution in [-0.4, -0.2) is 55.4 Å². The molecule has 1 aromatic carbocycles. The fraction of sp³-hybridized carbons (Fsp3) is 0.375. The van der Waals surface area contributed by atoms with Gasteiger partial charge in [0.2, 0.25) is 5.82 Å². The Morgan fingerprint density at radius 2 is 1.77 bits per heavy atom. The summed E-state index contributed by atoms with van der Waals surface area (Å²) in [6.07, 6.45) is 1.33. The van der Waals surface area contributed by atoms with Crippen LogP contribution in [0, 0.1) is 10.1 Å². The van der Waals surface area contributed by atoms with Crippen LogP contribution < -0.4 is 4.90 Å². The Labute approximate surface area is 160 Å². The quantitative estimate of drug-likeness (QED) is 0.342. The van der Waals surface area contributed by atoms with Crippen molar-refractivity contribution >= 4 is 34.9 Å². The van der Waals surface area contributed by atoms with Gasteiger partial charge in [0.15, 0.2) is 5.03 Å². The Hall–Kier alpha value is -1.94. The zero-order valence-corrected chi connectivity index (χ0v) is 16.0. The molecule has 0 atom stereocenters. The van der Waals surface area contributed by atoms with E-state index in [1.807, 2.05) is 0 Å². The van der Waals surface area contributed by atoms with Gasteiger partial charge in [0.25, 0.3) is 0 Å². The molecule has 0 aliphatic carbocycles. The molecule has 26 heavy (non-hydrogen) atoms. The predicted molar refractivity (Wildman–Crippen MR) is 100 cm³/mol. The van der Waals surface area contributed by atoms with Gasteiger partial charge in [-0.2, -0.15) is 0 Å². The van der Waals surface area contributed by atoms with Crippen molar-refractivity contribution in [3.63, 3.8) is 0 Å². The highest BCUT2D eigenvalue weighted by molar-refractivity contribution is 7.99. The summed E-state index contributed by atoms with van der Waals surface area (Å²) < 4.78 is 10.2. The summed E-state index contributed by atoms with van der Waals surface area (Å²) in [6.45, 7) is 1.71. The highest BCUT2D eigenvalue weighted by Gasteiger charge is 2.27. The van der Waals surface area contributed by atoms with Crippen molar-refractivity contribution in [3.05, 3.63) is 45.7 Å². The van der Waals surface area contributed by atoms with Gasteiger partial charge in [-0.1, -0.05) is 23.4 Å². The second-order valence-corrected chi connectivity index (χ2v) is 6.64. The summed E-state index contributed by atoms with van der Waals surface area (Å²) in [5.41, 5.74) is -0.139. The third-order valence-electron chi connectivity index (χ3n) is 3.41. The molecule has 1 aromatic heterocycles. The zero-order chi connectivity index (χ0) is 18.9. The Balaban J connectivity index is 2.38. The fourth-order valence-electron chi connectivity index (χ4n) is 2.16. The number of hydrogen-bond donors (Lipinski definition) is 0. The Morgan fingerprint density at radius 1 is 1.15 bits per heavy atom. The zero-order valence-electron chi connectivity index (χ0n) is 14.4. The molecule has 0 aliphatic rings. The molecule has 8 nitrogen and oxygen atoms in total. The lowest BCUT2D eigenvalue weighted by Crippen LogP contribution is -2.32. The van der Waals surface area contributed by atoms with E-state index in [4.69, 9.17) is 21.1 Å². The second kappa shape index (κ2) is 10.3. The van der Waals surface area contributed by atoms with E-state index in [2.05, 4.69) is 9.97 Å². The standard InChI is InChI=1S/C16H19ClN4O4S/c1-24-9-7-20(8-10-25-2)15-14(21(22)23)16(19-11-18-15)26-13-5-3-12(17)4-6-13/h3-6,11H,7-10H2,1-2H3. The van der Waals surface area contributed by atoms with E-state index in [1.54, 1.807) is 43.4 Å². The molecule has 0 amide bonds. The van der Waals surface area contributed by atoms with E-state index >= 15 is 0 Å². The summed E-state index contributed by atoms with van der Waals surface area (Å²) in [5, 5.41) is 12.6. The van der Waals surface area contributed by atoms with Gasteiger partial charge in [0, 0.05) is 37.2 Å². The van der Waals surface area contributed by atoms with Gasteiger partial charge in [-0.25, -0.2) is 9.97 Å². The van der Waals surface area contributed by atoms with Crippen molar-refractivity contribution in [1.82, 2.24) is 9.97 Å². The molecule has 0 radical (unpaired) electrons. The van der Waals surface area contributed by atoms with Gasteiger partial charge in [0.05, 0.1) is 18.1 Å². The van der Waals surface area contributed by atoms with Gasteiger partial charge in [-0.05, 0) is 24.3 Å².